The Morgan fingerprint density at radius 3 is 2.71 bits per heavy atom. The van der Waals surface area contributed by atoms with Crippen molar-refractivity contribution in [2.24, 2.45) is 5.73 Å². The van der Waals surface area contributed by atoms with Gasteiger partial charge in [-0.25, -0.2) is 4.98 Å². The molecule has 0 aliphatic heterocycles. The number of rotatable bonds is 6. The second kappa shape index (κ2) is 7.01. The molecule has 24 heavy (non-hydrogen) atoms. The lowest BCUT2D eigenvalue weighted by Crippen LogP contribution is -2.13. The third kappa shape index (κ3) is 3.41. The molecule has 0 unspecified atom stereocenters. The summed E-state index contributed by atoms with van der Waals surface area (Å²) in [7, 11) is 0. The first-order chi connectivity index (χ1) is 11.6. The maximum Gasteiger partial charge on any atom is 0.204 e. The summed E-state index contributed by atoms with van der Waals surface area (Å²) in [5.74, 6) is 0.885. The van der Waals surface area contributed by atoms with Crippen molar-refractivity contribution in [1.82, 2.24) is 14.5 Å². The molecule has 0 aliphatic rings. The molecule has 0 amide bonds. The van der Waals surface area contributed by atoms with Crippen LogP contribution < -0.4 is 11.1 Å². The van der Waals surface area contributed by atoms with Gasteiger partial charge in [-0.2, -0.15) is 0 Å². The van der Waals surface area contributed by atoms with Crippen molar-refractivity contribution >= 4 is 17.0 Å². The smallest absolute Gasteiger partial charge is 0.204 e. The second-order valence-corrected chi connectivity index (χ2v) is 6.31. The van der Waals surface area contributed by atoms with Crippen LogP contribution in [0.1, 0.15) is 28.9 Å². The SMILES string of the molecule is Cc1cc(C)c2nc(NCCCN)n(Cc3cccc(C)n3)c2c1. The minimum absolute atomic E-state index is 0.671. The predicted octanol–water partition coefficient (Wildman–Crippen LogP) is 3.17. The second-order valence-electron chi connectivity index (χ2n) is 6.31. The molecule has 3 rings (SSSR count). The predicted molar refractivity (Wildman–Crippen MR) is 99.4 cm³/mol. The van der Waals surface area contributed by atoms with Gasteiger partial charge < -0.3 is 15.6 Å². The molecule has 0 saturated heterocycles. The van der Waals surface area contributed by atoms with E-state index in [-0.39, 0.29) is 0 Å². The summed E-state index contributed by atoms with van der Waals surface area (Å²) in [6.45, 7) is 8.44. The zero-order valence-electron chi connectivity index (χ0n) is 14.6. The fourth-order valence-electron chi connectivity index (χ4n) is 3.02. The number of hydrogen-bond acceptors (Lipinski definition) is 4. The standard InChI is InChI=1S/C19H25N5/c1-13-10-14(2)18-17(11-13)24(19(23-18)21-9-5-8-20)12-16-7-4-6-15(3)22-16/h4,6-7,10-11H,5,8-9,12,20H2,1-3H3,(H,21,23). The Balaban J connectivity index is 2.05. The van der Waals surface area contributed by atoms with Gasteiger partial charge in [-0.3, -0.25) is 4.98 Å². The fraction of sp³-hybridized carbons (Fsp3) is 0.368. The van der Waals surface area contributed by atoms with E-state index >= 15 is 0 Å². The van der Waals surface area contributed by atoms with Crippen molar-refractivity contribution in [3.05, 3.63) is 52.8 Å². The summed E-state index contributed by atoms with van der Waals surface area (Å²) in [5, 5.41) is 3.43. The first-order valence-electron chi connectivity index (χ1n) is 8.42. The molecule has 0 spiro atoms. The Morgan fingerprint density at radius 2 is 1.96 bits per heavy atom. The molecular formula is C19H25N5. The lowest BCUT2D eigenvalue weighted by molar-refractivity contribution is 0.782. The van der Waals surface area contributed by atoms with E-state index in [1.807, 2.05) is 13.0 Å². The normalized spacial score (nSPS) is 11.2. The molecular weight excluding hydrogens is 298 g/mol. The van der Waals surface area contributed by atoms with E-state index in [0.29, 0.717) is 13.1 Å². The van der Waals surface area contributed by atoms with Crippen LogP contribution in [0.4, 0.5) is 5.95 Å². The van der Waals surface area contributed by atoms with E-state index in [0.717, 1.165) is 41.3 Å². The minimum atomic E-state index is 0.671. The zero-order valence-corrected chi connectivity index (χ0v) is 14.6. The molecule has 0 atom stereocenters. The van der Waals surface area contributed by atoms with Crippen molar-refractivity contribution in [3.63, 3.8) is 0 Å². The summed E-state index contributed by atoms with van der Waals surface area (Å²) >= 11 is 0. The third-order valence-electron chi connectivity index (χ3n) is 4.12. The highest BCUT2D eigenvalue weighted by Crippen LogP contribution is 2.25. The third-order valence-corrected chi connectivity index (χ3v) is 4.12. The molecule has 3 aromatic rings. The van der Waals surface area contributed by atoms with Crippen molar-refractivity contribution in [2.45, 2.75) is 33.7 Å². The van der Waals surface area contributed by atoms with Crippen LogP contribution in [-0.4, -0.2) is 27.6 Å². The summed E-state index contributed by atoms with van der Waals surface area (Å²) in [6, 6.07) is 10.5. The Hall–Kier alpha value is -2.40. The van der Waals surface area contributed by atoms with Crippen LogP contribution >= 0.6 is 0 Å². The van der Waals surface area contributed by atoms with Crippen LogP contribution in [0, 0.1) is 20.8 Å². The molecule has 5 heteroatoms. The highest BCUT2D eigenvalue weighted by molar-refractivity contribution is 5.82. The summed E-state index contributed by atoms with van der Waals surface area (Å²) < 4.78 is 2.22. The summed E-state index contributed by atoms with van der Waals surface area (Å²) in [5.41, 5.74) is 12.3. The molecule has 126 valence electrons. The van der Waals surface area contributed by atoms with Crippen LogP contribution in [0.5, 0.6) is 0 Å². The average molecular weight is 323 g/mol. The largest absolute Gasteiger partial charge is 0.356 e. The van der Waals surface area contributed by atoms with Crippen molar-refractivity contribution in [2.75, 3.05) is 18.4 Å². The Morgan fingerprint density at radius 1 is 1.12 bits per heavy atom. The lowest BCUT2D eigenvalue weighted by Gasteiger charge is -2.11. The maximum atomic E-state index is 5.61. The number of benzene rings is 1. The molecule has 1 aromatic carbocycles. The van der Waals surface area contributed by atoms with Crippen molar-refractivity contribution in [3.8, 4) is 0 Å². The quantitative estimate of drug-likeness (QED) is 0.684. The van der Waals surface area contributed by atoms with Crippen LogP contribution in [-0.2, 0) is 6.54 Å². The van der Waals surface area contributed by atoms with Crippen LogP contribution in [0.15, 0.2) is 30.3 Å². The molecule has 2 aromatic heterocycles. The Kier molecular flexibility index (Phi) is 4.81. The monoisotopic (exact) mass is 323 g/mol. The minimum Gasteiger partial charge on any atom is -0.356 e. The molecule has 0 fully saturated rings. The molecule has 0 aliphatic carbocycles. The number of hydrogen-bond donors (Lipinski definition) is 2. The molecule has 5 nitrogen and oxygen atoms in total. The molecule has 0 saturated carbocycles. The first-order valence-corrected chi connectivity index (χ1v) is 8.42. The average Bonchev–Trinajstić information content (AvgIpc) is 2.86. The van der Waals surface area contributed by atoms with E-state index in [9.17, 15) is 0 Å². The van der Waals surface area contributed by atoms with Gasteiger partial charge in [0.25, 0.3) is 0 Å². The van der Waals surface area contributed by atoms with Crippen LogP contribution in [0.3, 0.4) is 0 Å². The van der Waals surface area contributed by atoms with E-state index in [2.05, 4.69) is 53.0 Å². The van der Waals surface area contributed by atoms with Gasteiger partial charge >= 0.3 is 0 Å². The Bertz CT molecular complexity index is 850. The van der Waals surface area contributed by atoms with E-state index in [4.69, 9.17) is 10.7 Å². The first kappa shape index (κ1) is 16.5. The number of fused-ring (bicyclic) bond motifs is 1. The van der Waals surface area contributed by atoms with Crippen molar-refractivity contribution < 1.29 is 0 Å². The number of nitrogens with zero attached hydrogens (tertiary/aromatic N) is 3. The van der Waals surface area contributed by atoms with Gasteiger partial charge in [0, 0.05) is 12.2 Å². The summed E-state index contributed by atoms with van der Waals surface area (Å²) in [6.07, 6.45) is 0.921. The van der Waals surface area contributed by atoms with Gasteiger partial charge in [0.1, 0.15) is 0 Å². The fourth-order valence-corrected chi connectivity index (χ4v) is 3.02. The van der Waals surface area contributed by atoms with Crippen molar-refractivity contribution in [1.29, 1.82) is 0 Å². The molecule has 3 N–H and O–H groups in total. The van der Waals surface area contributed by atoms with Crippen LogP contribution in [0.25, 0.3) is 11.0 Å². The number of nitrogens with one attached hydrogen (secondary N) is 1. The van der Waals surface area contributed by atoms with Crippen LogP contribution in [0.2, 0.25) is 0 Å². The maximum absolute atomic E-state index is 5.61. The number of pyridine rings is 1. The zero-order chi connectivity index (χ0) is 17.1. The lowest BCUT2D eigenvalue weighted by atomic mass is 10.1. The number of nitrogens with two attached hydrogens (primary N) is 1. The van der Waals surface area contributed by atoms with E-state index in [1.165, 1.54) is 11.1 Å². The Labute approximate surface area is 142 Å². The van der Waals surface area contributed by atoms with Gasteiger partial charge in [-0.05, 0) is 63.1 Å². The number of aryl methyl sites for hydroxylation is 3. The molecule has 0 bridgehead atoms. The van der Waals surface area contributed by atoms with Gasteiger partial charge in [0.05, 0.1) is 23.3 Å². The molecule has 0 radical (unpaired) electrons. The van der Waals surface area contributed by atoms with Gasteiger partial charge in [-0.1, -0.05) is 12.1 Å². The molecule has 2 heterocycles. The van der Waals surface area contributed by atoms with E-state index < -0.39 is 0 Å². The highest BCUT2D eigenvalue weighted by atomic mass is 15.2. The van der Waals surface area contributed by atoms with Gasteiger partial charge in [0.2, 0.25) is 5.95 Å². The van der Waals surface area contributed by atoms with Gasteiger partial charge in [-0.15, -0.1) is 0 Å². The highest BCUT2D eigenvalue weighted by Gasteiger charge is 2.13. The number of imidazole rings is 1. The number of anilines is 1. The van der Waals surface area contributed by atoms with E-state index in [1.54, 1.807) is 0 Å². The number of aromatic nitrogens is 3. The summed E-state index contributed by atoms with van der Waals surface area (Å²) in [4.78, 5) is 9.47. The van der Waals surface area contributed by atoms with Gasteiger partial charge in [0.15, 0.2) is 0 Å². The topological polar surface area (TPSA) is 68.8 Å².